The Morgan fingerprint density at radius 1 is 1.21 bits per heavy atom. The van der Waals surface area contributed by atoms with E-state index in [4.69, 9.17) is 4.74 Å². The molecule has 1 aliphatic heterocycles. The lowest BCUT2D eigenvalue weighted by Crippen LogP contribution is -2.46. The van der Waals surface area contributed by atoms with E-state index in [0.717, 1.165) is 4.90 Å². The average Bonchev–Trinajstić information content (AvgIpc) is 2.95. The molecule has 1 fully saturated rings. The molecular formula is C20H25N3O5. The normalized spacial score (nSPS) is 15.1. The number of para-hydroxylation sites is 1. The number of urea groups is 1. The smallest absolute Gasteiger partial charge is 0.326 e. The number of imide groups is 1. The van der Waals surface area contributed by atoms with E-state index in [1.807, 2.05) is 6.07 Å². The van der Waals surface area contributed by atoms with Crippen LogP contribution in [0.25, 0.3) is 0 Å². The van der Waals surface area contributed by atoms with Crippen LogP contribution >= 0.6 is 0 Å². The summed E-state index contributed by atoms with van der Waals surface area (Å²) in [5, 5.41) is 2.64. The van der Waals surface area contributed by atoms with Gasteiger partial charge in [-0.2, -0.15) is 0 Å². The first kappa shape index (κ1) is 21.1. The minimum absolute atomic E-state index is 0.253. The van der Waals surface area contributed by atoms with Gasteiger partial charge in [-0.3, -0.25) is 19.3 Å². The van der Waals surface area contributed by atoms with E-state index in [1.165, 1.54) is 4.90 Å². The molecule has 0 atom stereocenters. The molecular weight excluding hydrogens is 362 g/mol. The van der Waals surface area contributed by atoms with Crippen LogP contribution in [-0.4, -0.2) is 54.0 Å². The summed E-state index contributed by atoms with van der Waals surface area (Å²) in [5.74, 6) is -1.72. The fourth-order valence-corrected chi connectivity index (χ4v) is 3.03. The molecule has 150 valence electrons. The van der Waals surface area contributed by atoms with Crippen molar-refractivity contribution in [3.05, 3.63) is 43.0 Å². The number of amides is 4. The molecule has 8 nitrogen and oxygen atoms in total. The summed E-state index contributed by atoms with van der Waals surface area (Å²) in [6.45, 7) is 6.43. The van der Waals surface area contributed by atoms with Crippen molar-refractivity contribution in [1.82, 2.24) is 10.2 Å². The SMILES string of the molecule is C=CCN(C(=O)COC(=O)CN1C(=O)NC(CC)(CC)C1=O)c1ccccc1. The van der Waals surface area contributed by atoms with Gasteiger partial charge in [0.15, 0.2) is 6.61 Å². The number of carbonyl (C=O) groups is 4. The average molecular weight is 387 g/mol. The number of nitrogens with one attached hydrogen (secondary N) is 1. The molecule has 4 amide bonds. The van der Waals surface area contributed by atoms with Gasteiger partial charge in [-0.15, -0.1) is 6.58 Å². The molecule has 2 rings (SSSR count). The van der Waals surface area contributed by atoms with Gasteiger partial charge in [0.05, 0.1) is 0 Å². The lowest BCUT2D eigenvalue weighted by Gasteiger charge is -2.23. The van der Waals surface area contributed by atoms with Gasteiger partial charge in [-0.05, 0) is 25.0 Å². The van der Waals surface area contributed by atoms with E-state index in [-0.39, 0.29) is 6.54 Å². The molecule has 1 saturated heterocycles. The molecule has 0 aliphatic carbocycles. The third kappa shape index (κ3) is 4.39. The molecule has 1 heterocycles. The van der Waals surface area contributed by atoms with Crippen LogP contribution in [0.5, 0.6) is 0 Å². The lowest BCUT2D eigenvalue weighted by atomic mass is 9.93. The van der Waals surface area contributed by atoms with Gasteiger partial charge >= 0.3 is 12.0 Å². The monoisotopic (exact) mass is 387 g/mol. The Labute approximate surface area is 164 Å². The fourth-order valence-electron chi connectivity index (χ4n) is 3.03. The van der Waals surface area contributed by atoms with Gasteiger partial charge in [0.25, 0.3) is 11.8 Å². The summed E-state index contributed by atoms with van der Waals surface area (Å²) in [5.41, 5.74) is -0.338. The molecule has 0 saturated carbocycles. The summed E-state index contributed by atoms with van der Waals surface area (Å²) in [7, 11) is 0. The summed E-state index contributed by atoms with van der Waals surface area (Å²) in [6, 6.07) is 8.28. The van der Waals surface area contributed by atoms with Crippen LogP contribution in [0.15, 0.2) is 43.0 Å². The van der Waals surface area contributed by atoms with Crippen LogP contribution in [0.1, 0.15) is 26.7 Å². The Morgan fingerprint density at radius 2 is 1.86 bits per heavy atom. The highest BCUT2D eigenvalue weighted by Gasteiger charge is 2.49. The van der Waals surface area contributed by atoms with Crippen LogP contribution in [-0.2, 0) is 19.1 Å². The van der Waals surface area contributed by atoms with Gasteiger partial charge in [0.2, 0.25) is 0 Å². The number of esters is 1. The van der Waals surface area contributed by atoms with E-state index >= 15 is 0 Å². The second-order valence-corrected chi connectivity index (χ2v) is 6.40. The van der Waals surface area contributed by atoms with Crippen molar-refractivity contribution >= 4 is 29.5 Å². The van der Waals surface area contributed by atoms with Crippen LogP contribution in [0.3, 0.4) is 0 Å². The first-order valence-corrected chi connectivity index (χ1v) is 9.14. The standard InChI is InChI=1S/C20H25N3O5/c1-4-12-22(15-10-8-7-9-11-15)16(24)14-28-17(25)13-23-18(26)20(5-2,6-3)21-19(23)27/h4,7-11H,1,5-6,12-14H2,2-3H3,(H,21,27). The van der Waals surface area contributed by atoms with Crippen LogP contribution in [0.2, 0.25) is 0 Å². The molecule has 1 aliphatic rings. The van der Waals surface area contributed by atoms with Crippen molar-refractivity contribution < 1.29 is 23.9 Å². The van der Waals surface area contributed by atoms with E-state index in [0.29, 0.717) is 18.5 Å². The molecule has 0 radical (unpaired) electrons. The molecule has 1 N–H and O–H groups in total. The quantitative estimate of drug-likeness (QED) is 0.396. The zero-order valence-corrected chi connectivity index (χ0v) is 16.1. The van der Waals surface area contributed by atoms with Crippen LogP contribution in [0, 0.1) is 0 Å². The minimum Gasteiger partial charge on any atom is -0.454 e. The summed E-state index contributed by atoms with van der Waals surface area (Å²) in [4.78, 5) is 51.4. The summed E-state index contributed by atoms with van der Waals surface area (Å²) < 4.78 is 5.01. The number of nitrogens with zero attached hydrogens (tertiary/aromatic N) is 2. The minimum atomic E-state index is -0.985. The van der Waals surface area contributed by atoms with E-state index in [9.17, 15) is 19.2 Å². The first-order valence-electron chi connectivity index (χ1n) is 9.14. The summed E-state index contributed by atoms with van der Waals surface area (Å²) >= 11 is 0. The highest BCUT2D eigenvalue weighted by Crippen LogP contribution is 2.24. The number of carbonyl (C=O) groups excluding carboxylic acids is 4. The lowest BCUT2D eigenvalue weighted by molar-refractivity contribution is -0.150. The Bertz CT molecular complexity index is 758. The molecule has 0 bridgehead atoms. The molecule has 0 aromatic heterocycles. The Balaban J connectivity index is 1.96. The Hall–Kier alpha value is -3.16. The van der Waals surface area contributed by atoms with Crippen molar-refractivity contribution in [1.29, 1.82) is 0 Å². The third-order valence-electron chi connectivity index (χ3n) is 4.78. The second-order valence-electron chi connectivity index (χ2n) is 6.40. The molecule has 0 spiro atoms. The van der Waals surface area contributed by atoms with Crippen molar-refractivity contribution in [2.45, 2.75) is 32.2 Å². The number of ether oxygens (including phenoxy) is 1. The zero-order chi connectivity index (χ0) is 20.7. The number of anilines is 1. The van der Waals surface area contributed by atoms with E-state index in [1.54, 1.807) is 44.2 Å². The maximum absolute atomic E-state index is 12.5. The predicted octanol–water partition coefficient (Wildman–Crippen LogP) is 1.86. The molecule has 1 aromatic carbocycles. The Kier molecular flexibility index (Phi) is 6.92. The third-order valence-corrected chi connectivity index (χ3v) is 4.78. The van der Waals surface area contributed by atoms with Gasteiger partial charge in [-0.25, -0.2) is 4.79 Å². The predicted molar refractivity (Wildman–Crippen MR) is 104 cm³/mol. The number of benzene rings is 1. The number of hydrogen-bond acceptors (Lipinski definition) is 5. The van der Waals surface area contributed by atoms with Crippen LogP contribution in [0.4, 0.5) is 10.5 Å². The van der Waals surface area contributed by atoms with Gasteiger partial charge in [-0.1, -0.05) is 38.1 Å². The first-order chi connectivity index (χ1) is 13.4. The van der Waals surface area contributed by atoms with Gasteiger partial charge in [0.1, 0.15) is 12.1 Å². The molecule has 0 unspecified atom stereocenters. The zero-order valence-electron chi connectivity index (χ0n) is 16.1. The van der Waals surface area contributed by atoms with Crippen molar-refractivity contribution in [3.63, 3.8) is 0 Å². The number of hydrogen-bond donors (Lipinski definition) is 1. The topological polar surface area (TPSA) is 96.0 Å². The van der Waals surface area contributed by atoms with Crippen LogP contribution < -0.4 is 10.2 Å². The summed E-state index contributed by atoms with van der Waals surface area (Å²) in [6.07, 6.45) is 2.41. The maximum Gasteiger partial charge on any atom is 0.326 e. The highest BCUT2D eigenvalue weighted by atomic mass is 16.5. The van der Waals surface area contributed by atoms with Crippen molar-refractivity contribution in [3.8, 4) is 0 Å². The largest absolute Gasteiger partial charge is 0.454 e. The molecule has 8 heteroatoms. The van der Waals surface area contributed by atoms with Gasteiger partial charge < -0.3 is 15.0 Å². The van der Waals surface area contributed by atoms with Crippen molar-refractivity contribution in [2.24, 2.45) is 0 Å². The van der Waals surface area contributed by atoms with Gasteiger partial charge in [0, 0.05) is 12.2 Å². The van der Waals surface area contributed by atoms with Crippen molar-refractivity contribution in [2.75, 3.05) is 24.6 Å². The Morgan fingerprint density at radius 3 is 2.39 bits per heavy atom. The fraction of sp³-hybridized carbons (Fsp3) is 0.400. The van der Waals surface area contributed by atoms with E-state index in [2.05, 4.69) is 11.9 Å². The maximum atomic E-state index is 12.5. The van der Waals surface area contributed by atoms with E-state index < -0.39 is 42.5 Å². The highest BCUT2D eigenvalue weighted by molar-refractivity contribution is 6.08. The molecule has 28 heavy (non-hydrogen) atoms. The molecule has 1 aromatic rings. The second kappa shape index (κ2) is 9.16. The number of rotatable bonds is 9.